The first kappa shape index (κ1) is 16.8. The third-order valence-electron chi connectivity index (χ3n) is 2.53. The molecule has 0 fully saturated rings. The zero-order valence-electron chi connectivity index (χ0n) is 9.86. The van der Waals surface area contributed by atoms with E-state index in [9.17, 15) is 13.5 Å². The van der Waals surface area contributed by atoms with Crippen molar-refractivity contribution < 1.29 is 28.3 Å². The molecule has 17 heavy (non-hydrogen) atoms. The summed E-state index contributed by atoms with van der Waals surface area (Å²) in [6.07, 6.45) is -0.740. The van der Waals surface area contributed by atoms with E-state index in [-0.39, 0.29) is 32.2 Å². The molecular weight excluding hydrogens is 250 g/mol. The van der Waals surface area contributed by atoms with Crippen molar-refractivity contribution in [2.75, 3.05) is 25.5 Å². The van der Waals surface area contributed by atoms with E-state index in [1.165, 1.54) is 4.90 Å². The summed E-state index contributed by atoms with van der Waals surface area (Å²) in [6.45, 7) is 1.53. The Hall–Kier alpha value is -0.250. The first-order valence-corrected chi connectivity index (χ1v) is 7.07. The topological polar surface area (TPSA) is 118 Å². The number of aliphatic hydroxyl groups excluding tert-OH is 3. The van der Waals surface area contributed by atoms with Crippen LogP contribution in [-0.4, -0.2) is 71.0 Å². The van der Waals surface area contributed by atoms with E-state index >= 15 is 0 Å². The van der Waals surface area contributed by atoms with E-state index in [0.717, 1.165) is 0 Å². The molecule has 0 aromatic rings. The van der Waals surface area contributed by atoms with Crippen LogP contribution in [0.5, 0.6) is 0 Å². The van der Waals surface area contributed by atoms with E-state index in [1.54, 1.807) is 6.92 Å². The molecule has 0 aromatic heterocycles. The lowest BCUT2D eigenvalue weighted by atomic mass is 10.2. The maximum atomic E-state index is 10.6. The van der Waals surface area contributed by atoms with Crippen LogP contribution in [0, 0.1) is 0 Å². The van der Waals surface area contributed by atoms with Crippen LogP contribution in [0.25, 0.3) is 0 Å². The van der Waals surface area contributed by atoms with Crippen LogP contribution in [0.1, 0.15) is 19.8 Å². The lowest BCUT2D eigenvalue weighted by Gasteiger charge is -2.33. The highest BCUT2D eigenvalue weighted by Gasteiger charge is 2.23. The number of hydrogen-bond acceptors (Lipinski definition) is 6. The Bertz CT molecular complexity index is 290. The largest absolute Gasteiger partial charge is 0.395 e. The molecule has 0 saturated carbocycles. The van der Waals surface area contributed by atoms with Gasteiger partial charge in [0, 0.05) is 19.0 Å². The van der Waals surface area contributed by atoms with Gasteiger partial charge in [-0.15, -0.1) is 0 Å². The van der Waals surface area contributed by atoms with Crippen LogP contribution in [0.4, 0.5) is 0 Å². The second-order valence-corrected chi connectivity index (χ2v) is 5.33. The van der Waals surface area contributed by atoms with Crippen molar-refractivity contribution in [2.45, 2.75) is 32.0 Å². The zero-order valence-corrected chi connectivity index (χ0v) is 10.7. The van der Waals surface area contributed by atoms with Gasteiger partial charge < -0.3 is 15.3 Å². The van der Waals surface area contributed by atoms with Gasteiger partial charge in [-0.1, -0.05) is 6.92 Å². The molecule has 0 saturated heterocycles. The number of rotatable bonds is 9. The van der Waals surface area contributed by atoms with Gasteiger partial charge in [0.1, 0.15) is 6.23 Å². The van der Waals surface area contributed by atoms with Crippen molar-refractivity contribution in [3.05, 3.63) is 0 Å². The van der Waals surface area contributed by atoms with Gasteiger partial charge in [-0.05, 0) is 6.42 Å². The summed E-state index contributed by atoms with van der Waals surface area (Å²) in [5, 5.41) is 27.7. The Morgan fingerprint density at radius 1 is 1.29 bits per heavy atom. The quantitative estimate of drug-likeness (QED) is 0.302. The van der Waals surface area contributed by atoms with E-state index in [4.69, 9.17) is 14.8 Å². The Balaban J connectivity index is 4.47. The monoisotopic (exact) mass is 271 g/mol. The first-order valence-electron chi connectivity index (χ1n) is 5.46. The molecule has 0 radical (unpaired) electrons. The second kappa shape index (κ2) is 7.96. The molecule has 0 aliphatic rings. The van der Waals surface area contributed by atoms with E-state index < -0.39 is 22.1 Å². The molecule has 104 valence electrons. The summed E-state index contributed by atoms with van der Waals surface area (Å²) in [5.41, 5.74) is 0. The molecule has 7 nitrogen and oxygen atoms in total. The third kappa shape index (κ3) is 6.92. The lowest BCUT2D eigenvalue weighted by molar-refractivity contribution is -0.0488. The molecule has 2 atom stereocenters. The number of aliphatic hydroxyl groups is 3. The molecule has 0 aliphatic carbocycles. The molecule has 2 unspecified atom stereocenters. The maximum absolute atomic E-state index is 10.6. The molecule has 0 heterocycles. The average Bonchev–Trinajstić information content (AvgIpc) is 2.25. The summed E-state index contributed by atoms with van der Waals surface area (Å²) >= 11 is 0. The highest BCUT2D eigenvalue weighted by atomic mass is 32.2. The summed E-state index contributed by atoms with van der Waals surface area (Å²) in [7, 11) is -4.12. The SMILES string of the molecule is CCC(CO)N(CCO)C(O)CCS(=O)(=O)O. The molecule has 0 spiro atoms. The summed E-state index contributed by atoms with van der Waals surface area (Å²) in [6, 6.07) is -0.349. The molecule has 0 aromatic carbocycles. The van der Waals surface area contributed by atoms with Crippen LogP contribution < -0.4 is 0 Å². The van der Waals surface area contributed by atoms with Crippen molar-refractivity contribution in [1.29, 1.82) is 0 Å². The normalized spacial score (nSPS) is 16.1. The Morgan fingerprint density at radius 3 is 2.24 bits per heavy atom. The summed E-state index contributed by atoms with van der Waals surface area (Å²) < 4.78 is 29.7. The van der Waals surface area contributed by atoms with Crippen molar-refractivity contribution >= 4 is 10.1 Å². The van der Waals surface area contributed by atoms with Crippen LogP contribution in [-0.2, 0) is 10.1 Å². The Morgan fingerprint density at radius 2 is 1.88 bits per heavy atom. The summed E-state index contributed by atoms with van der Waals surface area (Å²) in [5.74, 6) is -0.558. The molecule has 0 aliphatic heterocycles. The van der Waals surface area contributed by atoms with Crippen LogP contribution in [0.15, 0.2) is 0 Å². The van der Waals surface area contributed by atoms with Gasteiger partial charge in [0.2, 0.25) is 0 Å². The Labute approximate surface area is 101 Å². The summed E-state index contributed by atoms with van der Waals surface area (Å²) in [4.78, 5) is 1.42. The minimum absolute atomic E-state index is 0.131. The van der Waals surface area contributed by atoms with E-state index in [0.29, 0.717) is 6.42 Å². The highest BCUT2D eigenvalue weighted by molar-refractivity contribution is 7.85. The fourth-order valence-corrected chi connectivity index (χ4v) is 2.09. The van der Waals surface area contributed by atoms with E-state index in [1.807, 2.05) is 0 Å². The predicted molar refractivity (Wildman–Crippen MR) is 62.0 cm³/mol. The van der Waals surface area contributed by atoms with Crippen molar-refractivity contribution in [3.63, 3.8) is 0 Å². The first-order chi connectivity index (χ1) is 7.85. The minimum Gasteiger partial charge on any atom is -0.395 e. The average molecular weight is 271 g/mol. The van der Waals surface area contributed by atoms with Gasteiger partial charge >= 0.3 is 0 Å². The highest BCUT2D eigenvalue weighted by Crippen LogP contribution is 2.10. The third-order valence-corrected chi connectivity index (χ3v) is 3.28. The lowest BCUT2D eigenvalue weighted by Crippen LogP contribution is -2.47. The van der Waals surface area contributed by atoms with Gasteiger partial charge in [-0.2, -0.15) is 8.42 Å². The minimum atomic E-state index is -4.12. The van der Waals surface area contributed by atoms with Gasteiger partial charge in [0.15, 0.2) is 0 Å². The molecule has 0 rings (SSSR count). The van der Waals surface area contributed by atoms with Crippen molar-refractivity contribution in [3.8, 4) is 0 Å². The molecule has 8 heteroatoms. The molecule has 0 amide bonds. The maximum Gasteiger partial charge on any atom is 0.265 e. The number of nitrogens with zero attached hydrogens (tertiary/aromatic N) is 1. The van der Waals surface area contributed by atoms with Gasteiger partial charge in [0.05, 0.1) is 19.0 Å². The van der Waals surface area contributed by atoms with Gasteiger partial charge in [-0.25, -0.2) is 0 Å². The molecule has 0 bridgehead atoms. The number of hydrogen-bond donors (Lipinski definition) is 4. The van der Waals surface area contributed by atoms with Crippen LogP contribution in [0.2, 0.25) is 0 Å². The van der Waals surface area contributed by atoms with Crippen LogP contribution in [0.3, 0.4) is 0 Å². The molecule has 4 N–H and O–H groups in total. The van der Waals surface area contributed by atoms with Gasteiger partial charge in [-0.3, -0.25) is 9.45 Å². The fraction of sp³-hybridized carbons (Fsp3) is 1.00. The standard InChI is InChI=1S/C9H21NO6S/c1-2-8(7-12)10(4-5-11)9(13)3-6-17(14,15)16/h8-9,11-13H,2-7H2,1H3,(H,14,15,16). The van der Waals surface area contributed by atoms with Crippen LogP contribution >= 0.6 is 0 Å². The van der Waals surface area contributed by atoms with E-state index in [2.05, 4.69) is 0 Å². The Kier molecular flexibility index (Phi) is 7.84. The van der Waals surface area contributed by atoms with Crippen molar-refractivity contribution in [2.24, 2.45) is 0 Å². The fourth-order valence-electron chi connectivity index (χ4n) is 1.58. The smallest absolute Gasteiger partial charge is 0.265 e. The van der Waals surface area contributed by atoms with Gasteiger partial charge in [0.25, 0.3) is 10.1 Å². The van der Waals surface area contributed by atoms with Crippen molar-refractivity contribution in [1.82, 2.24) is 4.90 Å². The molecular formula is C9H21NO6S. The predicted octanol–water partition coefficient (Wildman–Crippen LogP) is -1.35. The zero-order chi connectivity index (χ0) is 13.5. The second-order valence-electron chi connectivity index (χ2n) is 3.76.